The third-order valence-corrected chi connectivity index (χ3v) is 4.73. The Balaban J connectivity index is 1.80. The second-order valence-corrected chi connectivity index (χ2v) is 9.58. The lowest BCUT2D eigenvalue weighted by atomic mass is 9.87. The summed E-state index contributed by atoms with van der Waals surface area (Å²) >= 11 is 0. The van der Waals surface area contributed by atoms with Crippen molar-refractivity contribution >= 4 is 33.2 Å². The SMILES string of the molecule is CC(C)(C)c1ccc(C(=O)NCCC(=O)Nc2ccc(NS(C)(=O)=O)cc2)cc1. The minimum absolute atomic E-state index is 0.0200. The molecule has 0 atom stereocenters. The number of hydrogen-bond acceptors (Lipinski definition) is 4. The zero-order valence-electron chi connectivity index (χ0n) is 17.1. The fourth-order valence-corrected chi connectivity index (χ4v) is 3.14. The molecular formula is C21H27N3O4S. The zero-order chi connectivity index (χ0) is 21.7. The average Bonchev–Trinajstić information content (AvgIpc) is 2.61. The molecule has 0 unspecified atom stereocenters. The van der Waals surface area contributed by atoms with Crippen LogP contribution in [-0.4, -0.2) is 33.0 Å². The molecule has 8 heteroatoms. The maximum atomic E-state index is 12.2. The number of hydrogen-bond donors (Lipinski definition) is 3. The number of nitrogens with one attached hydrogen (secondary N) is 3. The van der Waals surface area contributed by atoms with Gasteiger partial charge in [0.2, 0.25) is 15.9 Å². The highest BCUT2D eigenvalue weighted by atomic mass is 32.2. The topological polar surface area (TPSA) is 104 Å². The largest absolute Gasteiger partial charge is 0.352 e. The Hall–Kier alpha value is -2.87. The number of amides is 2. The molecule has 2 aromatic rings. The average molecular weight is 418 g/mol. The van der Waals surface area contributed by atoms with Crippen LogP contribution in [0.4, 0.5) is 11.4 Å². The fourth-order valence-electron chi connectivity index (χ4n) is 2.57. The monoisotopic (exact) mass is 417 g/mol. The van der Waals surface area contributed by atoms with Crippen LogP contribution < -0.4 is 15.4 Å². The van der Waals surface area contributed by atoms with Crippen molar-refractivity contribution < 1.29 is 18.0 Å². The third kappa shape index (κ3) is 7.57. The predicted molar refractivity (Wildman–Crippen MR) is 116 cm³/mol. The van der Waals surface area contributed by atoms with E-state index in [0.717, 1.165) is 11.8 Å². The van der Waals surface area contributed by atoms with Crippen molar-refractivity contribution in [3.63, 3.8) is 0 Å². The summed E-state index contributed by atoms with van der Waals surface area (Å²) < 4.78 is 24.7. The van der Waals surface area contributed by atoms with E-state index in [9.17, 15) is 18.0 Å². The van der Waals surface area contributed by atoms with Crippen molar-refractivity contribution in [2.75, 3.05) is 22.8 Å². The molecule has 2 amide bonds. The van der Waals surface area contributed by atoms with Gasteiger partial charge in [0.25, 0.3) is 5.91 Å². The summed E-state index contributed by atoms with van der Waals surface area (Å²) in [7, 11) is -3.34. The van der Waals surface area contributed by atoms with Crippen LogP contribution in [0.15, 0.2) is 48.5 Å². The molecule has 0 saturated heterocycles. The van der Waals surface area contributed by atoms with Crippen LogP contribution in [-0.2, 0) is 20.2 Å². The summed E-state index contributed by atoms with van der Waals surface area (Å²) in [6.45, 7) is 6.53. The molecule has 0 bridgehead atoms. The van der Waals surface area contributed by atoms with Crippen LogP contribution in [0.3, 0.4) is 0 Å². The lowest BCUT2D eigenvalue weighted by Gasteiger charge is -2.19. The summed E-state index contributed by atoms with van der Waals surface area (Å²) in [5.74, 6) is -0.480. The Bertz CT molecular complexity index is 960. The number of anilines is 2. The van der Waals surface area contributed by atoms with E-state index in [1.54, 1.807) is 36.4 Å². The highest BCUT2D eigenvalue weighted by Crippen LogP contribution is 2.22. The van der Waals surface area contributed by atoms with Gasteiger partial charge >= 0.3 is 0 Å². The van der Waals surface area contributed by atoms with Gasteiger partial charge in [-0.2, -0.15) is 0 Å². The first-order valence-electron chi connectivity index (χ1n) is 9.20. The predicted octanol–water partition coefficient (Wildman–Crippen LogP) is 3.11. The summed E-state index contributed by atoms with van der Waals surface area (Å²) in [5, 5.41) is 5.43. The molecule has 0 heterocycles. The number of carbonyl (C=O) groups is 2. The Morgan fingerprint density at radius 2 is 1.45 bits per heavy atom. The van der Waals surface area contributed by atoms with Crippen LogP contribution >= 0.6 is 0 Å². The van der Waals surface area contributed by atoms with Gasteiger partial charge in [0, 0.05) is 29.9 Å². The van der Waals surface area contributed by atoms with Crippen molar-refractivity contribution in [3.05, 3.63) is 59.7 Å². The van der Waals surface area contributed by atoms with Crippen LogP contribution in [0.5, 0.6) is 0 Å². The molecule has 3 N–H and O–H groups in total. The molecule has 2 aromatic carbocycles. The standard InChI is InChI=1S/C21H27N3O4S/c1-21(2,3)16-7-5-15(6-8-16)20(26)22-14-13-19(25)23-17-9-11-18(12-10-17)24-29(4,27)28/h5-12,24H,13-14H2,1-4H3,(H,22,26)(H,23,25). The number of rotatable bonds is 7. The van der Waals surface area contributed by atoms with E-state index < -0.39 is 10.0 Å². The summed E-state index contributed by atoms with van der Waals surface area (Å²) in [5.41, 5.74) is 2.67. The van der Waals surface area contributed by atoms with Gasteiger partial charge in [-0.3, -0.25) is 14.3 Å². The normalized spacial score (nSPS) is 11.6. The minimum atomic E-state index is -3.34. The molecule has 0 aliphatic carbocycles. The van der Waals surface area contributed by atoms with Gasteiger partial charge in [-0.25, -0.2) is 8.42 Å². The van der Waals surface area contributed by atoms with Gasteiger partial charge in [-0.05, 0) is 47.4 Å². The molecule has 2 rings (SSSR count). The van der Waals surface area contributed by atoms with E-state index in [-0.39, 0.29) is 30.2 Å². The van der Waals surface area contributed by atoms with Gasteiger partial charge in [0.15, 0.2) is 0 Å². The second-order valence-electron chi connectivity index (χ2n) is 7.83. The fraction of sp³-hybridized carbons (Fsp3) is 0.333. The Morgan fingerprint density at radius 1 is 0.897 bits per heavy atom. The third-order valence-electron chi connectivity index (χ3n) is 4.12. The van der Waals surface area contributed by atoms with E-state index in [1.165, 1.54) is 0 Å². The summed E-state index contributed by atoms with van der Waals surface area (Å²) in [4.78, 5) is 24.2. The molecule has 0 aliphatic heterocycles. The summed E-state index contributed by atoms with van der Waals surface area (Å²) in [6, 6.07) is 13.7. The van der Waals surface area contributed by atoms with Crippen molar-refractivity contribution in [1.82, 2.24) is 5.32 Å². The van der Waals surface area contributed by atoms with Gasteiger partial charge in [0.1, 0.15) is 0 Å². The molecular weight excluding hydrogens is 390 g/mol. The van der Waals surface area contributed by atoms with Crippen LogP contribution in [0.1, 0.15) is 43.1 Å². The maximum Gasteiger partial charge on any atom is 0.251 e. The Morgan fingerprint density at radius 3 is 1.97 bits per heavy atom. The molecule has 156 valence electrons. The lowest BCUT2D eigenvalue weighted by Crippen LogP contribution is -2.27. The molecule has 0 aliphatic rings. The van der Waals surface area contributed by atoms with E-state index in [4.69, 9.17) is 0 Å². The first-order chi connectivity index (χ1) is 13.4. The first-order valence-corrected chi connectivity index (χ1v) is 11.1. The Labute approximate surface area is 172 Å². The Kier molecular flexibility index (Phi) is 7.02. The first kappa shape index (κ1) is 22.4. The highest BCUT2D eigenvalue weighted by Gasteiger charge is 2.14. The molecule has 7 nitrogen and oxygen atoms in total. The van der Waals surface area contributed by atoms with Crippen molar-refractivity contribution in [2.45, 2.75) is 32.6 Å². The van der Waals surface area contributed by atoms with Gasteiger partial charge in [-0.1, -0.05) is 32.9 Å². The van der Waals surface area contributed by atoms with Crippen molar-refractivity contribution in [3.8, 4) is 0 Å². The van der Waals surface area contributed by atoms with Gasteiger partial charge in [0.05, 0.1) is 6.26 Å². The van der Waals surface area contributed by atoms with Crippen LogP contribution in [0.2, 0.25) is 0 Å². The number of carbonyl (C=O) groups excluding carboxylic acids is 2. The molecule has 0 saturated carbocycles. The quantitative estimate of drug-likeness (QED) is 0.644. The van der Waals surface area contributed by atoms with E-state index in [1.807, 2.05) is 12.1 Å². The lowest BCUT2D eigenvalue weighted by molar-refractivity contribution is -0.116. The van der Waals surface area contributed by atoms with Crippen molar-refractivity contribution in [1.29, 1.82) is 0 Å². The van der Waals surface area contributed by atoms with Crippen LogP contribution in [0, 0.1) is 0 Å². The zero-order valence-corrected chi connectivity index (χ0v) is 17.9. The maximum absolute atomic E-state index is 12.2. The van der Waals surface area contributed by atoms with Gasteiger partial charge < -0.3 is 10.6 Å². The molecule has 0 spiro atoms. The van der Waals surface area contributed by atoms with Crippen LogP contribution in [0.25, 0.3) is 0 Å². The van der Waals surface area contributed by atoms with Gasteiger partial charge in [-0.15, -0.1) is 0 Å². The second kappa shape index (κ2) is 9.09. The highest BCUT2D eigenvalue weighted by molar-refractivity contribution is 7.92. The number of benzene rings is 2. The minimum Gasteiger partial charge on any atom is -0.352 e. The van der Waals surface area contributed by atoms with Crippen molar-refractivity contribution in [2.24, 2.45) is 0 Å². The molecule has 0 aromatic heterocycles. The van der Waals surface area contributed by atoms with E-state index >= 15 is 0 Å². The molecule has 0 fully saturated rings. The van der Waals surface area contributed by atoms with E-state index in [0.29, 0.717) is 16.9 Å². The van der Waals surface area contributed by atoms with E-state index in [2.05, 4.69) is 36.1 Å². The molecule has 29 heavy (non-hydrogen) atoms. The summed E-state index contributed by atoms with van der Waals surface area (Å²) in [6.07, 6.45) is 1.19. The number of sulfonamides is 1. The molecule has 0 radical (unpaired) electrons. The smallest absolute Gasteiger partial charge is 0.251 e.